The van der Waals surface area contributed by atoms with Crippen LogP contribution < -0.4 is 19.5 Å². The van der Waals surface area contributed by atoms with Crippen molar-refractivity contribution in [1.82, 2.24) is 0 Å². The van der Waals surface area contributed by atoms with Crippen molar-refractivity contribution in [3.8, 4) is 17.2 Å². The largest absolute Gasteiger partial charge is 0.491 e. The Bertz CT molecular complexity index is 1120. The molecule has 1 N–H and O–H groups in total. The van der Waals surface area contributed by atoms with Crippen LogP contribution in [-0.4, -0.2) is 19.8 Å². The number of rotatable bonds is 13. The quantitative estimate of drug-likeness (QED) is 0.227. The maximum atomic E-state index is 6.07. The van der Waals surface area contributed by atoms with Crippen molar-refractivity contribution in [2.24, 2.45) is 0 Å². The Kier molecular flexibility index (Phi) is 8.85. The lowest BCUT2D eigenvalue weighted by Gasteiger charge is -2.14. The molecule has 0 unspecified atom stereocenters. The predicted molar refractivity (Wildman–Crippen MR) is 138 cm³/mol. The van der Waals surface area contributed by atoms with Crippen molar-refractivity contribution in [2.75, 3.05) is 25.1 Å². The zero-order valence-corrected chi connectivity index (χ0v) is 19.4. The molecule has 0 spiro atoms. The van der Waals surface area contributed by atoms with Gasteiger partial charge in [0.05, 0.1) is 12.3 Å². The Balaban J connectivity index is 1.22. The van der Waals surface area contributed by atoms with Gasteiger partial charge in [-0.15, -0.1) is 0 Å². The lowest BCUT2D eigenvalue weighted by molar-refractivity contribution is 0.217. The fourth-order valence-corrected chi connectivity index (χ4v) is 3.62. The van der Waals surface area contributed by atoms with Crippen molar-refractivity contribution in [1.29, 1.82) is 0 Å². The first kappa shape index (κ1) is 23.2. The second kappa shape index (κ2) is 12.9. The highest BCUT2D eigenvalue weighted by Crippen LogP contribution is 2.25. The topological polar surface area (TPSA) is 39.7 Å². The van der Waals surface area contributed by atoms with Crippen LogP contribution in [0.25, 0.3) is 0 Å². The molecule has 0 atom stereocenters. The minimum absolute atomic E-state index is 0.491. The molecule has 0 fully saturated rings. The molecule has 0 saturated carbocycles. The fourth-order valence-electron chi connectivity index (χ4n) is 3.62. The van der Waals surface area contributed by atoms with Crippen LogP contribution in [0.1, 0.15) is 17.5 Å². The summed E-state index contributed by atoms with van der Waals surface area (Å²) in [4.78, 5) is 0. The third-order valence-corrected chi connectivity index (χ3v) is 5.34. The summed E-state index contributed by atoms with van der Waals surface area (Å²) in [5.74, 6) is 2.56. The van der Waals surface area contributed by atoms with Crippen LogP contribution >= 0.6 is 0 Å². The van der Waals surface area contributed by atoms with Gasteiger partial charge in [-0.2, -0.15) is 0 Å². The molecular formula is C30H31NO3. The molecule has 4 heteroatoms. The van der Waals surface area contributed by atoms with Crippen LogP contribution in [0, 0.1) is 0 Å². The summed E-state index contributed by atoms with van der Waals surface area (Å²) in [5, 5.41) is 3.50. The van der Waals surface area contributed by atoms with Crippen molar-refractivity contribution in [2.45, 2.75) is 19.4 Å². The summed E-state index contributed by atoms with van der Waals surface area (Å²) >= 11 is 0. The molecule has 0 aromatic heterocycles. The Morgan fingerprint density at radius 2 is 1.18 bits per heavy atom. The van der Waals surface area contributed by atoms with Gasteiger partial charge in [0.2, 0.25) is 0 Å². The highest BCUT2D eigenvalue weighted by molar-refractivity contribution is 5.56. The maximum Gasteiger partial charge on any atom is 0.142 e. The van der Waals surface area contributed by atoms with Crippen molar-refractivity contribution in [3.05, 3.63) is 120 Å². The normalized spacial score (nSPS) is 10.5. The molecule has 0 bridgehead atoms. The Morgan fingerprint density at radius 3 is 2.00 bits per heavy atom. The number of hydrogen-bond donors (Lipinski definition) is 1. The molecule has 4 aromatic carbocycles. The van der Waals surface area contributed by atoms with E-state index in [9.17, 15) is 0 Å². The first-order valence-electron chi connectivity index (χ1n) is 11.8. The van der Waals surface area contributed by atoms with Gasteiger partial charge in [-0.25, -0.2) is 0 Å². The molecule has 0 amide bonds. The van der Waals surface area contributed by atoms with Crippen LogP contribution in [0.15, 0.2) is 109 Å². The summed E-state index contributed by atoms with van der Waals surface area (Å²) < 4.78 is 17.6. The summed E-state index contributed by atoms with van der Waals surface area (Å²) in [6, 6.07) is 36.5. The summed E-state index contributed by atoms with van der Waals surface area (Å²) in [6.45, 7) is 2.36. The Morgan fingerprint density at radius 1 is 0.529 bits per heavy atom. The van der Waals surface area contributed by atoms with Gasteiger partial charge >= 0.3 is 0 Å². The standard InChI is InChI=1S/C30H31NO3/c1-3-11-25(12-4-1)14-10-20-34-30-19-8-7-18-29(30)31-24-26-13-9-17-28(23-26)33-22-21-32-27-15-5-2-6-16-27/h1-9,11-13,15-19,23,31H,10,14,20-22,24H2. The van der Waals surface area contributed by atoms with Gasteiger partial charge in [0.25, 0.3) is 0 Å². The first-order chi connectivity index (χ1) is 16.9. The van der Waals surface area contributed by atoms with Gasteiger partial charge in [0.1, 0.15) is 30.5 Å². The van der Waals surface area contributed by atoms with E-state index in [1.54, 1.807) is 0 Å². The van der Waals surface area contributed by atoms with Gasteiger partial charge in [-0.1, -0.05) is 72.8 Å². The molecule has 4 aromatic rings. The van der Waals surface area contributed by atoms with E-state index >= 15 is 0 Å². The Labute approximate surface area is 202 Å². The predicted octanol–water partition coefficient (Wildman–Crippen LogP) is 6.77. The summed E-state index contributed by atoms with van der Waals surface area (Å²) in [5.41, 5.74) is 3.47. The van der Waals surface area contributed by atoms with Crippen LogP contribution in [0.3, 0.4) is 0 Å². The summed E-state index contributed by atoms with van der Waals surface area (Å²) in [7, 11) is 0. The van der Waals surface area contributed by atoms with Crippen molar-refractivity contribution in [3.63, 3.8) is 0 Å². The number of nitrogens with one attached hydrogen (secondary N) is 1. The summed E-state index contributed by atoms with van der Waals surface area (Å²) in [6.07, 6.45) is 1.99. The van der Waals surface area contributed by atoms with E-state index in [4.69, 9.17) is 14.2 Å². The molecule has 4 rings (SSSR count). The molecule has 4 nitrogen and oxygen atoms in total. The van der Waals surface area contributed by atoms with Crippen LogP contribution in [0.4, 0.5) is 5.69 Å². The van der Waals surface area contributed by atoms with Crippen molar-refractivity contribution < 1.29 is 14.2 Å². The fraction of sp³-hybridized carbons (Fsp3) is 0.200. The number of para-hydroxylation sites is 3. The third kappa shape index (κ3) is 7.59. The zero-order valence-electron chi connectivity index (χ0n) is 19.4. The van der Waals surface area contributed by atoms with Gasteiger partial charge < -0.3 is 19.5 Å². The van der Waals surface area contributed by atoms with Crippen LogP contribution in [0.2, 0.25) is 0 Å². The smallest absolute Gasteiger partial charge is 0.142 e. The van der Waals surface area contributed by atoms with Gasteiger partial charge in [0, 0.05) is 6.54 Å². The maximum absolute atomic E-state index is 6.07. The highest BCUT2D eigenvalue weighted by atomic mass is 16.5. The third-order valence-electron chi connectivity index (χ3n) is 5.34. The van der Waals surface area contributed by atoms with E-state index in [2.05, 4.69) is 41.7 Å². The second-order valence-corrected chi connectivity index (χ2v) is 7.94. The van der Waals surface area contributed by atoms with Crippen LogP contribution in [-0.2, 0) is 13.0 Å². The van der Waals surface area contributed by atoms with E-state index in [1.807, 2.05) is 72.8 Å². The average molecular weight is 454 g/mol. The molecule has 0 aliphatic rings. The molecule has 0 heterocycles. The lowest BCUT2D eigenvalue weighted by Crippen LogP contribution is -2.09. The number of benzene rings is 4. The van der Waals surface area contributed by atoms with E-state index in [-0.39, 0.29) is 0 Å². The molecular weight excluding hydrogens is 422 g/mol. The van der Waals surface area contributed by atoms with E-state index in [1.165, 1.54) is 5.56 Å². The molecule has 0 radical (unpaired) electrons. The van der Waals surface area contributed by atoms with Crippen molar-refractivity contribution >= 4 is 5.69 Å². The van der Waals surface area contributed by atoms with E-state index in [0.29, 0.717) is 26.4 Å². The minimum Gasteiger partial charge on any atom is -0.491 e. The van der Waals surface area contributed by atoms with Crippen LogP contribution in [0.5, 0.6) is 17.2 Å². The molecule has 0 saturated heterocycles. The lowest BCUT2D eigenvalue weighted by atomic mass is 10.1. The highest BCUT2D eigenvalue weighted by Gasteiger charge is 2.04. The SMILES string of the molecule is c1ccc(CCCOc2ccccc2NCc2cccc(OCCOc3ccccc3)c2)cc1. The van der Waals surface area contributed by atoms with E-state index < -0.39 is 0 Å². The van der Waals surface area contributed by atoms with Gasteiger partial charge in [0.15, 0.2) is 0 Å². The van der Waals surface area contributed by atoms with Gasteiger partial charge in [-0.05, 0) is 60.4 Å². The van der Waals surface area contributed by atoms with E-state index in [0.717, 1.165) is 41.3 Å². The number of aryl methyl sites for hydroxylation is 1. The second-order valence-electron chi connectivity index (χ2n) is 7.94. The monoisotopic (exact) mass is 453 g/mol. The Hall–Kier alpha value is -3.92. The molecule has 0 aliphatic carbocycles. The minimum atomic E-state index is 0.491. The molecule has 0 aliphatic heterocycles. The number of anilines is 1. The molecule has 34 heavy (non-hydrogen) atoms. The first-order valence-corrected chi connectivity index (χ1v) is 11.8. The zero-order chi connectivity index (χ0) is 23.3. The number of hydrogen-bond acceptors (Lipinski definition) is 4. The molecule has 174 valence electrons. The average Bonchev–Trinajstić information content (AvgIpc) is 2.90. The van der Waals surface area contributed by atoms with Gasteiger partial charge in [-0.3, -0.25) is 0 Å². The number of ether oxygens (including phenoxy) is 3.